The van der Waals surface area contributed by atoms with E-state index in [-0.39, 0.29) is 18.2 Å². The molecule has 3 aliphatic heterocycles. The minimum atomic E-state index is -0.509. The number of amides is 1. The molecule has 2 bridgehead atoms. The zero-order chi connectivity index (χ0) is 33.3. The van der Waals surface area contributed by atoms with Gasteiger partial charge in [0.2, 0.25) is 5.95 Å². The average molecular weight is 647 g/mol. The molecule has 48 heavy (non-hydrogen) atoms. The highest BCUT2D eigenvalue weighted by Crippen LogP contribution is 2.38. The van der Waals surface area contributed by atoms with E-state index < -0.39 is 5.60 Å². The number of piperazine rings is 1. The summed E-state index contributed by atoms with van der Waals surface area (Å²) >= 11 is 0. The lowest BCUT2D eigenvalue weighted by Gasteiger charge is -2.42. The SMILES string of the molecule is CC(C)(C)OC(=O)N1CC=C(c2cnc(N3C4CCC3CN(c3cc(-c5ccccc5OCc5ccccc5)nnc3N)C4)nc2)CC1. The lowest BCUT2D eigenvalue weighted by atomic mass is 10.0. The first-order valence-corrected chi connectivity index (χ1v) is 16.6. The Morgan fingerprint density at radius 1 is 0.958 bits per heavy atom. The molecule has 0 aliphatic carbocycles. The molecule has 5 heterocycles. The number of carbonyl (C=O) groups excluding carboxylic acids is 1. The van der Waals surface area contributed by atoms with Crippen LogP contribution in [-0.4, -0.2) is 75.0 Å². The van der Waals surface area contributed by atoms with Crippen LogP contribution in [0.5, 0.6) is 5.75 Å². The Morgan fingerprint density at radius 3 is 2.35 bits per heavy atom. The molecule has 2 aromatic heterocycles. The summed E-state index contributed by atoms with van der Waals surface area (Å²) in [4.78, 5) is 28.6. The Hall–Kier alpha value is -5.19. The number of nitrogen functional groups attached to an aromatic ring is 1. The number of fused-ring (bicyclic) bond motifs is 2. The van der Waals surface area contributed by atoms with Crippen molar-refractivity contribution in [1.82, 2.24) is 25.1 Å². The number of anilines is 3. The van der Waals surface area contributed by atoms with Crippen molar-refractivity contribution >= 4 is 29.1 Å². The van der Waals surface area contributed by atoms with Gasteiger partial charge in [-0.3, -0.25) is 0 Å². The van der Waals surface area contributed by atoms with Gasteiger partial charge in [0.05, 0.1) is 11.4 Å². The molecule has 7 rings (SSSR count). The number of aromatic nitrogens is 4. The number of carbonyl (C=O) groups is 1. The molecule has 2 unspecified atom stereocenters. The summed E-state index contributed by atoms with van der Waals surface area (Å²) in [5.74, 6) is 1.92. The molecule has 1 amide bonds. The number of nitrogens with zero attached hydrogens (tertiary/aromatic N) is 7. The number of rotatable bonds is 7. The first-order chi connectivity index (χ1) is 23.2. The molecule has 2 aromatic carbocycles. The predicted molar refractivity (Wildman–Crippen MR) is 187 cm³/mol. The minimum absolute atomic E-state index is 0.253. The van der Waals surface area contributed by atoms with E-state index in [9.17, 15) is 4.79 Å². The van der Waals surface area contributed by atoms with E-state index in [4.69, 9.17) is 25.2 Å². The smallest absolute Gasteiger partial charge is 0.410 e. The number of hydrogen-bond acceptors (Lipinski definition) is 10. The zero-order valence-corrected chi connectivity index (χ0v) is 27.7. The number of hydrogen-bond donors (Lipinski definition) is 1. The summed E-state index contributed by atoms with van der Waals surface area (Å²) in [6, 6.07) is 20.6. The molecule has 2 N–H and O–H groups in total. The van der Waals surface area contributed by atoms with E-state index in [2.05, 4.69) is 26.1 Å². The van der Waals surface area contributed by atoms with Crippen molar-refractivity contribution in [3.05, 3.63) is 90.3 Å². The second-order valence-corrected chi connectivity index (χ2v) is 13.6. The highest BCUT2D eigenvalue weighted by atomic mass is 16.6. The maximum absolute atomic E-state index is 12.5. The van der Waals surface area contributed by atoms with Crippen molar-refractivity contribution in [2.45, 2.75) is 64.3 Å². The van der Waals surface area contributed by atoms with Gasteiger partial charge in [0.15, 0.2) is 5.82 Å². The molecule has 0 spiro atoms. The quantitative estimate of drug-likeness (QED) is 0.257. The Labute approximate surface area is 281 Å². The molecule has 2 atom stereocenters. The van der Waals surface area contributed by atoms with Crippen molar-refractivity contribution in [3.63, 3.8) is 0 Å². The van der Waals surface area contributed by atoms with Crippen molar-refractivity contribution < 1.29 is 14.3 Å². The molecule has 0 radical (unpaired) electrons. The van der Waals surface area contributed by atoms with E-state index >= 15 is 0 Å². The molecule has 2 fully saturated rings. The van der Waals surface area contributed by atoms with Gasteiger partial charge in [-0.2, -0.15) is 0 Å². The topological polar surface area (TPSA) is 123 Å². The lowest BCUT2D eigenvalue weighted by molar-refractivity contribution is 0.0270. The van der Waals surface area contributed by atoms with Gasteiger partial charge in [0, 0.05) is 61.8 Å². The fourth-order valence-electron chi connectivity index (χ4n) is 6.79. The van der Waals surface area contributed by atoms with E-state index in [0.717, 1.165) is 77.7 Å². The van der Waals surface area contributed by atoms with Crippen molar-refractivity contribution in [1.29, 1.82) is 0 Å². The van der Waals surface area contributed by atoms with Gasteiger partial charge in [-0.1, -0.05) is 48.5 Å². The third kappa shape index (κ3) is 6.76. The van der Waals surface area contributed by atoms with E-state index in [1.165, 1.54) is 0 Å². The molecule has 11 heteroatoms. The molecular weight excluding hydrogens is 604 g/mol. The standard InChI is InChI=1S/C37H42N8O3/c1-37(2,3)48-36(46)43-17-15-26(16-18-43)27-20-39-35(40-21-27)45-28-13-14-29(45)23-44(22-28)32-19-31(41-42-34(32)38)30-11-7-8-12-33(30)47-24-25-9-5-4-6-10-25/h4-12,15,19-21,28-29H,13-14,16-18,22-24H2,1-3H3,(H2,38,42). The minimum Gasteiger partial charge on any atom is -0.488 e. The molecule has 4 aromatic rings. The monoisotopic (exact) mass is 646 g/mol. The molecule has 248 valence electrons. The van der Waals surface area contributed by atoms with Crippen LogP contribution < -0.4 is 20.3 Å². The van der Waals surface area contributed by atoms with Crippen molar-refractivity contribution in [2.75, 3.05) is 41.7 Å². The zero-order valence-electron chi connectivity index (χ0n) is 27.7. The van der Waals surface area contributed by atoms with Gasteiger partial charge >= 0.3 is 6.09 Å². The normalized spacial score (nSPS) is 19.2. The van der Waals surface area contributed by atoms with Gasteiger partial charge < -0.3 is 29.9 Å². The van der Waals surface area contributed by atoms with Gasteiger partial charge in [-0.15, -0.1) is 10.2 Å². The molecule has 3 aliphatic rings. The van der Waals surface area contributed by atoms with Crippen LogP contribution in [0.15, 0.2) is 79.1 Å². The van der Waals surface area contributed by atoms with Crippen LogP contribution in [-0.2, 0) is 11.3 Å². The molecule has 0 saturated carbocycles. The third-order valence-electron chi connectivity index (χ3n) is 9.13. The van der Waals surface area contributed by atoms with Crippen LogP contribution in [0.2, 0.25) is 0 Å². The Bertz CT molecular complexity index is 1780. The molecular formula is C37H42N8O3. The van der Waals surface area contributed by atoms with Crippen molar-refractivity contribution in [3.8, 4) is 17.0 Å². The predicted octanol–water partition coefficient (Wildman–Crippen LogP) is 5.98. The number of ether oxygens (including phenoxy) is 2. The van der Waals surface area contributed by atoms with Crippen LogP contribution in [0, 0.1) is 0 Å². The number of benzene rings is 2. The highest BCUT2D eigenvalue weighted by molar-refractivity contribution is 5.75. The summed E-state index contributed by atoms with van der Waals surface area (Å²) in [5.41, 5.74) is 11.7. The van der Waals surface area contributed by atoms with Gasteiger partial charge in [0.25, 0.3) is 0 Å². The summed E-state index contributed by atoms with van der Waals surface area (Å²) < 4.78 is 11.7. The van der Waals surface area contributed by atoms with Crippen molar-refractivity contribution in [2.24, 2.45) is 0 Å². The second kappa shape index (κ2) is 13.1. The lowest BCUT2D eigenvalue weighted by Crippen LogP contribution is -2.54. The van der Waals surface area contributed by atoms with Crippen LogP contribution in [0.1, 0.15) is 51.2 Å². The van der Waals surface area contributed by atoms with E-state index in [0.29, 0.717) is 25.5 Å². The first-order valence-electron chi connectivity index (χ1n) is 16.6. The van der Waals surface area contributed by atoms with E-state index in [1.807, 2.05) is 93.8 Å². The molecule has 11 nitrogen and oxygen atoms in total. The van der Waals surface area contributed by atoms with Crippen LogP contribution in [0.4, 0.5) is 22.2 Å². The van der Waals surface area contributed by atoms with Crippen LogP contribution in [0.25, 0.3) is 16.8 Å². The summed E-state index contributed by atoms with van der Waals surface area (Å²) in [7, 11) is 0. The van der Waals surface area contributed by atoms with Crippen LogP contribution in [0.3, 0.4) is 0 Å². The molecule has 2 saturated heterocycles. The fraction of sp³-hybridized carbons (Fsp3) is 0.378. The largest absolute Gasteiger partial charge is 0.488 e. The van der Waals surface area contributed by atoms with Crippen LogP contribution >= 0.6 is 0 Å². The number of nitrogens with two attached hydrogens (primary N) is 1. The summed E-state index contributed by atoms with van der Waals surface area (Å²) in [6.07, 6.45) is 8.47. The van der Waals surface area contributed by atoms with E-state index in [1.54, 1.807) is 4.90 Å². The van der Waals surface area contributed by atoms with Gasteiger partial charge in [0.1, 0.15) is 18.0 Å². The average Bonchev–Trinajstić information content (AvgIpc) is 3.36. The fourth-order valence-corrected chi connectivity index (χ4v) is 6.79. The second-order valence-electron chi connectivity index (χ2n) is 13.6. The highest BCUT2D eigenvalue weighted by Gasteiger charge is 2.42. The summed E-state index contributed by atoms with van der Waals surface area (Å²) in [5, 5.41) is 8.85. The Kier molecular flexibility index (Phi) is 8.60. The van der Waals surface area contributed by atoms with Gasteiger partial charge in [-0.25, -0.2) is 14.8 Å². The maximum atomic E-state index is 12.5. The summed E-state index contributed by atoms with van der Waals surface area (Å²) in [6.45, 7) is 8.81. The third-order valence-corrected chi connectivity index (χ3v) is 9.13. The maximum Gasteiger partial charge on any atom is 0.410 e. The number of para-hydroxylation sites is 1. The van der Waals surface area contributed by atoms with Gasteiger partial charge in [-0.05, 0) is 69.4 Å². The Balaban J connectivity index is 1.03. The first kappa shape index (κ1) is 31.4. The Morgan fingerprint density at radius 2 is 1.67 bits per heavy atom.